The Balaban J connectivity index is 1.92. The highest BCUT2D eigenvalue weighted by atomic mass is 32.1. The molecule has 0 saturated carbocycles. The van der Waals surface area contributed by atoms with Gasteiger partial charge in [-0.3, -0.25) is 4.79 Å². The molecule has 0 aliphatic carbocycles. The van der Waals surface area contributed by atoms with Crippen LogP contribution in [0.1, 0.15) is 12.7 Å². The van der Waals surface area contributed by atoms with Crippen LogP contribution in [0.3, 0.4) is 0 Å². The molecule has 1 aromatic heterocycles. The van der Waals surface area contributed by atoms with Crippen LogP contribution in [0.4, 0.5) is 5.13 Å². The first-order valence-corrected chi connectivity index (χ1v) is 6.37. The Bertz CT molecular complexity index is 399. The maximum Gasteiger partial charge on any atom is 0.251 e. The van der Waals surface area contributed by atoms with Gasteiger partial charge in [-0.1, -0.05) is 0 Å². The molecule has 0 aromatic carbocycles. The van der Waals surface area contributed by atoms with Crippen molar-refractivity contribution in [1.82, 2.24) is 14.3 Å². The zero-order valence-electron chi connectivity index (χ0n) is 9.96. The number of piperazine rings is 1. The molecule has 6 nitrogen and oxygen atoms in total. The minimum Gasteiger partial charge on any atom is -0.384 e. The van der Waals surface area contributed by atoms with Gasteiger partial charge in [0.25, 0.3) is 5.91 Å². The van der Waals surface area contributed by atoms with Gasteiger partial charge >= 0.3 is 0 Å². The Morgan fingerprint density at radius 3 is 2.53 bits per heavy atom. The third-order valence-electron chi connectivity index (χ3n) is 2.74. The van der Waals surface area contributed by atoms with Crippen LogP contribution in [-0.2, 0) is 4.79 Å². The fourth-order valence-corrected chi connectivity index (χ4v) is 2.52. The molecule has 17 heavy (non-hydrogen) atoms. The summed E-state index contributed by atoms with van der Waals surface area (Å²) in [5, 5.41) is 10.1. The number of carbonyl (C=O) groups is 1. The Morgan fingerprint density at radius 1 is 1.41 bits per heavy atom. The molecule has 2 heterocycles. The smallest absolute Gasteiger partial charge is 0.251 e. The number of amides is 1. The highest BCUT2D eigenvalue weighted by molar-refractivity contribution is 7.09. The number of nitrogens with zero attached hydrogens (tertiary/aromatic N) is 4. The van der Waals surface area contributed by atoms with E-state index in [4.69, 9.17) is 0 Å². The van der Waals surface area contributed by atoms with Gasteiger partial charge in [-0.25, -0.2) is 4.98 Å². The Kier molecular flexibility index (Phi) is 3.58. The van der Waals surface area contributed by atoms with Crippen molar-refractivity contribution in [2.45, 2.75) is 20.0 Å². The summed E-state index contributed by atoms with van der Waals surface area (Å²) in [6, 6.07) is 0. The van der Waals surface area contributed by atoms with Gasteiger partial charge in [0.05, 0.1) is 0 Å². The maximum absolute atomic E-state index is 11.6. The quantitative estimate of drug-likeness (QED) is 0.798. The molecule has 1 N–H and O–H groups in total. The third-order valence-corrected chi connectivity index (χ3v) is 3.60. The van der Waals surface area contributed by atoms with Crippen molar-refractivity contribution in [3.8, 4) is 0 Å². The first-order chi connectivity index (χ1) is 8.08. The molecular formula is C10H16N4O2S. The number of aryl methyl sites for hydroxylation is 1. The number of hydrogen-bond donors (Lipinski definition) is 1. The van der Waals surface area contributed by atoms with Crippen molar-refractivity contribution in [2.24, 2.45) is 0 Å². The van der Waals surface area contributed by atoms with E-state index in [2.05, 4.69) is 14.3 Å². The molecule has 0 spiro atoms. The lowest BCUT2D eigenvalue weighted by molar-refractivity contribution is -0.139. The normalized spacial score (nSPS) is 18.3. The van der Waals surface area contributed by atoms with Crippen molar-refractivity contribution in [1.29, 1.82) is 0 Å². The van der Waals surface area contributed by atoms with E-state index in [0.29, 0.717) is 13.1 Å². The molecule has 2 rings (SSSR count). The van der Waals surface area contributed by atoms with Crippen molar-refractivity contribution < 1.29 is 9.90 Å². The van der Waals surface area contributed by atoms with Gasteiger partial charge in [0.2, 0.25) is 5.13 Å². The van der Waals surface area contributed by atoms with Crippen LogP contribution < -0.4 is 4.90 Å². The van der Waals surface area contributed by atoms with E-state index < -0.39 is 6.10 Å². The number of hydrogen-bond acceptors (Lipinski definition) is 6. The standard InChI is InChI=1S/C10H16N4O2S/c1-7(15)9(16)13-3-5-14(6-4-13)10-11-8(2)12-17-10/h7,15H,3-6H2,1-2H3. The molecular weight excluding hydrogens is 240 g/mol. The van der Waals surface area contributed by atoms with Crippen molar-refractivity contribution in [3.05, 3.63) is 5.82 Å². The number of aliphatic hydroxyl groups is 1. The van der Waals surface area contributed by atoms with Crippen molar-refractivity contribution >= 4 is 22.6 Å². The molecule has 1 aliphatic rings. The van der Waals surface area contributed by atoms with E-state index in [1.54, 1.807) is 4.90 Å². The summed E-state index contributed by atoms with van der Waals surface area (Å²) in [6.45, 7) is 6.11. The largest absolute Gasteiger partial charge is 0.384 e. The number of anilines is 1. The van der Waals surface area contributed by atoms with Crippen LogP contribution >= 0.6 is 11.5 Å². The van der Waals surface area contributed by atoms with Gasteiger partial charge in [0.1, 0.15) is 11.9 Å². The fraction of sp³-hybridized carbons (Fsp3) is 0.700. The molecule has 1 atom stereocenters. The molecule has 1 saturated heterocycles. The van der Waals surface area contributed by atoms with Gasteiger partial charge in [-0.2, -0.15) is 4.37 Å². The molecule has 1 amide bonds. The third kappa shape index (κ3) is 2.73. The monoisotopic (exact) mass is 256 g/mol. The van der Waals surface area contributed by atoms with E-state index in [1.807, 2.05) is 6.92 Å². The molecule has 1 fully saturated rings. The topological polar surface area (TPSA) is 69.6 Å². The van der Waals surface area contributed by atoms with Crippen molar-refractivity contribution in [2.75, 3.05) is 31.1 Å². The summed E-state index contributed by atoms with van der Waals surface area (Å²) in [4.78, 5) is 19.7. The fourth-order valence-electron chi connectivity index (χ4n) is 1.80. The van der Waals surface area contributed by atoms with Crippen LogP contribution in [0.25, 0.3) is 0 Å². The summed E-state index contributed by atoms with van der Waals surface area (Å²) < 4.78 is 4.14. The maximum atomic E-state index is 11.6. The molecule has 94 valence electrons. The minimum atomic E-state index is -0.912. The van der Waals surface area contributed by atoms with Gasteiger partial charge in [0, 0.05) is 37.7 Å². The van der Waals surface area contributed by atoms with Crippen LogP contribution in [0, 0.1) is 6.92 Å². The van der Waals surface area contributed by atoms with Crippen LogP contribution in [0.15, 0.2) is 0 Å². The van der Waals surface area contributed by atoms with Crippen LogP contribution in [0.2, 0.25) is 0 Å². The first kappa shape index (κ1) is 12.3. The predicted octanol–water partition coefficient (Wildman–Crippen LogP) is -0.124. The second-order valence-electron chi connectivity index (χ2n) is 4.11. The number of carbonyl (C=O) groups excluding carboxylic acids is 1. The number of rotatable bonds is 2. The van der Waals surface area contributed by atoms with Crippen LogP contribution in [0.5, 0.6) is 0 Å². The highest BCUT2D eigenvalue weighted by Gasteiger charge is 2.24. The summed E-state index contributed by atoms with van der Waals surface area (Å²) in [7, 11) is 0. The molecule has 0 radical (unpaired) electrons. The first-order valence-electron chi connectivity index (χ1n) is 5.60. The zero-order chi connectivity index (χ0) is 12.4. The van der Waals surface area contributed by atoms with E-state index in [-0.39, 0.29) is 5.91 Å². The predicted molar refractivity (Wildman–Crippen MR) is 65.1 cm³/mol. The van der Waals surface area contributed by atoms with E-state index >= 15 is 0 Å². The molecule has 0 bridgehead atoms. The zero-order valence-corrected chi connectivity index (χ0v) is 10.8. The SMILES string of the molecule is Cc1nsc(N2CCN(C(=O)C(C)O)CC2)n1. The lowest BCUT2D eigenvalue weighted by Crippen LogP contribution is -2.51. The summed E-state index contributed by atoms with van der Waals surface area (Å²) in [5.41, 5.74) is 0. The number of aromatic nitrogens is 2. The summed E-state index contributed by atoms with van der Waals surface area (Å²) in [5.74, 6) is 0.589. The summed E-state index contributed by atoms with van der Waals surface area (Å²) >= 11 is 1.38. The van der Waals surface area contributed by atoms with Gasteiger partial charge in [-0.15, -0.1) is 0 Å². The Labute approximate surface area is 104 Å². The second kappa shape index (κ2) is 4.97. The Morgan fingerprint density at radius 2 is 2.06 bits per heavy atom. The second-order valence-corrected chi connectivity index (χ2v) is 4.84. The van der Waals surface area contributed by atoms with E-state index in [1.165, 1.54) is 18.5 Å². The average Bonchev–Trinajstić information content (AvgIpc) is 2.75. The number of aliphatic hydroxyl groups excluding tert-OH is 1. The lowest BCUT2D eigenvalue weighted by atomic mass is 10.3. The summed E-state index contributed by atoms with van der Waals surface area (Å²) in [6.07, 6.45) is -0.912. The molecule has 1 unspecified atom stereocenters. The van der Waals surface area contributed by atoms with Gasteiger partial charge in [-0.05, 0) is 13.8 Å². The minimum absolute atomic E-state index is 0.196. The van der Waals surface area contributed by atoms with Crippen LogP contribution in [-0.4, -0.2) is 57.6 Å². The Hall–Kier alpha value is -1.21. The molecule has 7 heteroatoms. The van der Waals surface area contributed by atoms with Crippen molar-refractivity contribution in [3.63, 3.8) is 0 Å². The van der Waals surface area contributed by atoms with E-state index in [0.717, 1.165) is 24.0 Å². The van der Waals surface area contributed by atoms with Gasteiger partial charge in [0.15, 0.2) is 0 Å². The van der Waals surface area contributed by atoms with Gasteiger partial charge < -0.3 is 14.9 Å². The average molecular weight is 256 g/mol. The lowest BCUT2D eigenvalue weighted by Gasteiger charge is -2.34. The highest BCUT2D eigenvalue weighted by Crippen LogP contribution is 2.18. The molecule has 1 aromatic rings. The molecule has 1 aliphatic heterocycles. The van der Waals surface area contributed by atoms with E-state index in [9.17, 15) is 9.90 Å².